The summed E-state index contributed by atoms with van der Waals surface area (Å²) in [6.45, 7) is 0.702. The number of nitrogens with zero attached hydrogens (tertiary/aromatic N) is 3. The van der Waals surface area contributed by atoms with E-state index in [1.54, 1.807) is 18.5 Å². The van der Waals surface area contributed by atoms with Gasteiger partial charge in [0, 0.05) is 43.2 Å². The second kappa shape index (κ2) is 6.51. The molecule has 0 bridgehead atoms. The lowest BCUT2D eigenvalue weighted by Crippen LogP contribution is -2.37. The molecule has 0 N–H and O–H groups in total. The molecule has 4 rings (SSSR count). The summed E-state index contributed by atoms with van der Waals surface area (Å²) in [7, 11) is 0. The first-order valence-electron chi connectivity index (χ1n) is 8.54. The lowest BCUT2D eigenvalue weighted by atomic mass is 10.0. The molecule has 25 heavy (non-hydrogen) atoms. The highest BCUT2D eigenvalue weighted by Crippen LogP contribution is 2.24. The Morgan fingerprint density at radius 3 is 2.76 bits per heavy atom. The maximum atomic E-state index is 12.9. The zero-order valence-electron chi connectivity index (χ0n) is 13.8. The van der Waals surface area contributed by atoms with Gasteiger partial charge in [0.25, 0.3) is 5.91 Å². The third-order valence-corrected chi connectivity index (χ3v) is 4.79. The smallest absolute Gasteiger partial charge is 0.255 e. The van der Waals surface area contributed by atoms with Crippen LogP contribution in [0.2, 0.25) is 0 Å². The van der Waals surface area contributed by atoms with Crippen molar-refractivity contribution < 1.29 is 9.59 Å². The second-order valence-electron chi connectivity index (χ2n) is 6.40. The van der Waals surface area contributed by atoms with E-state index in [4.69, 9.17) is 0 Å². The molecule has 3 aromatic rings. The fraction of sp³-hybridized carbons (Fsp3) is 0.250. The molecule has 1 amide bonds. The molecule has 5 nitrogen and oxygen atoms in total. The van der Waals surface area contributed by atoms with Gasteiger partial charge in [-0.25, -0.2) is 4.98 Å². The Morgan fingerprint density at radius 2 is 1.92 bits per heavy atom. The van der Waals surface area contributed by atoms with E-state index in [0.717, 1.165) is 18.5 Å². The molecule has 1 fully saturated rings. The summed E-state index contributed by atoms with van der Waals surface area (Å²) in [5.41, 5.74) is 2.15. The van der Waals surface area contributed by atoms with Crippen LogP contribution in [0.15, 0.2) is 61.1 Å². The van der Waals surface area contributed by atoms with Gasteiger partial charge in [0.15, 0.2) is 5.78 Å². The number of benzene rings is 1. The molecular formula is C20H19N3O2. The molecule has 3 heterocycles. The van der Waals surface area contributed by atoms with Crippen molar-refractivity contribution in [1.29, 1.82) is 0 Å². The summed E-state index contributed by atoms with van der Waals surface area (Å²) < 4.78 is 1.84. The summed E-state index contributed by atoms with van der Waals surface area (Å²) in [4.78, 5) is 31.5. The van der Waals surface area contributed by atoms with Crippen LogP contribution in [0.25, 0.3) is 5.65 Å². The van der Waals surface area contributed by atoms with Crippen molar-refractivity contribution in [2.75, 3.05) is 6.54 Å². The van der Waals surface area contributed by atoms with E-state index in [-0.39, 0.29) is 17.7 Å². The number of likely N-dealkylation sites (tertiary alicyclic amines) is 1. The van der Waals surface area contributed by atoms with Crippen molar-refractivity contribution in [1.82, 2.24) is 14.3 Å². The number of rotatable bonds is 4. The summed E-state index contributed by atoms with van der Waals surface area (Å²) >= 11 is 0. The number of pyridine rings is 1. The number of hydrogen-bond acceptors (Lipinski definition) is 3. The van der Waals surface area contributed by atoms with Crippen LogP contribution in [0.1, 0.15) is 40.0 Å². The third kappa shape index (κ3) is 3.05. The SMILES string of the molecule is O=C(C[C@H]1CCCN1C(=O)c1ccc2nccn2c1)c1ccccc1. The topological polar surface area (TPSA) is 54.7 Å². The number of hydrogen-bond donors (Lipinski definition) is 0. The maximum Gasteiger partial charge on any atom is 0.255 e. The van der Waals surface area contributed by atoms with E-state index in [2.05, 4.69) is 4.98 Å². The quantitative estimate of drug-likeness (QED) is 0.689. The van der Waals surface area contributed by atoms with Crippen molar-refractivity contribution in [3.63, 3.8) is 0 Å². The van der Waals surface area contributed by atoms with Gasteiger partial charge in [-0.3, -0.25) is 9.59 Å². The number of carbonyl (C=O) groups is 2. The van der Waals surface area contributed by atoms with Crippen LogP contribution in [0.4, 0.5) is 0 Å². The van der Waals surface area contributed by atoms with E-state index in [1.165, 1.54) is 0 Å². The molecule has 126 valence electrons. The van der Waals surface area contributed by atoms with E-state index < -0.39 is 0 Å². The fourth-order valence-corrected chi connectivity index (χ4v) is 3.48. The van der Waals surface area contributed by atoms with Gasteiger partial charge >= 0.3 is 0 Å². The molecule has 0 unspecified atom stereocenters. The molecule has 5 heteroatoms. The monoisotopic (exact) mass is 333 g/mol. The Balaban J connectivity index is 1.52. The molecule has 0 radical (unpaired) electrons. The van der Waals surface area contributed by atoms with Crippen molar-refractivity contribution in [3.8, 4) is 0 Å². The van der Waals surface area contributed by atoms with Crippen molar-refractivity contribution in [2.24, 2.45) is 0 Å². The van der Waals surface area contributed by atoms with Crippen LogP contribution in [0.5, 0.6) is 0 Å². The number of imidazole rings is 1. The van der Waals surface area contributed by atoms with Crippen LogP contribution in [-0.4, -0.2) is 38.6 Å². The van der Waals surface area contributed by atoms with Gasteiger partial charge in [0.05, 0.1) is 5.56 Å². The van der Waals surface area contributed by atoms with Gasteiger partial charge in [-0.15, -0.1) is 0 Å². The minimum atomic E-state index is -0.0290. The molecule has 1 aliphatic rings. The standard InChI is InChI=1S/C20H19N3O2/c24-18(15-5-2-1-3-6-15)13-17-7-4-11-23(17)20(25)16-8-9-19-21-10-12-22(19)14-16/h1-3,5-6,8-10,12,14,17H,4,7,11,13H2/t17-/m1/s1. The Bertz CT molecular complexity index is 917. The average Bonchev–Trinajstić information content (AvgIpc) is 3.30. The Hall–Kier alpha value is -2.95. The normalized spacial score (nSPS) is 17.1. The van der Waals surface area contributed by atoms with Crippen LogP contribution >= 0.6 is 0 Å². The van der Waals surface area contributed by atoms with Gasteiger partial charge in [-0.2, -0.15) is 0 Å². The van der Waals surface area contributed by atoms with Gasteiger partial charge in [-0.1, -0.05) is 30.3 Å². The zero-order chi connectivity index (χ0) is 17.2. The minimum Gasteiger partial charge on any atom is -0.335 e. The molecule has 1 aromatic carbocycles. The summed E-state index contributed by atoms with van der Waals surface area (Å²) in [6.07, 6.45) is 7.53. The molecule has 0 spiro atoms. The molecule has 1 saturated heterocycles. The number of aromatic nitrogens is 2. The highest BCUT2D eigenvalue weighted by molar-refractivity contribution is 5.98. The lowest BCUT2D eigenvalue weighted by molar-refractivity contribution is 0.0716. The van der Waals surface area contributed by atoms with E-state index in [0.29, 0.717) is 24.1 Å². The number of fused-ring (bicyclic) bond motifs is 1. The highest BCUT2D eigenvalue weighted by Gasteiger charge is 2.31. The van der Waals surface area contributed by atoms with Crippen LogP contribution < -0.4 is 0 Å². The molecule has 0 aliphatic carbocycles. The van der Waals surface area contributed by atoms with Gasteiger partial charge in [0.1, 0.15) is 5.65 Å². The molecule has 1 aliphatic heterocycles. The lowest BCUT2D eigenvalue weighted by Gasteiger charge is -2.24. The van der Waals surface area contributed by atoms with Crippen molar-refractivity contribution in [2.45, 2.75) is 25.3 Å². The largest absolute Gasteiger partial charge is 0.335 e. The van der Waals surface area contributed by atoms with Gasteiger partial charge in [0.2, 0.25) is 0 Å². The van der Waals surface area contributed by atoms with E-state index >= 15 is 0 Å². The Morgan fingerprint density at radius 1 is 1.08 bits per heavy atom. The number of amides is 1. The number of carbonyl (C=O) groups excluding carboxylic acids is 2. The number of Topliss-reactive ketones (excluding diaryl/α,β-unsaturated/α-hetero) is 1. The highest BCUT2D eigenvalue weighted by atomic mass is 16.2. The molecule has 0 saturated carbocycles. The summed E-state index contributed by atoms with van der Waals surface area (Å²) in [6, 6.07) is 12.9. The van der Waals surface area contributed by atoms with Crippen molar-refractivity contribution >= 4 is 17.3 Å². The first-order chi connectivity index (χ1) is 12.2. The fourth-order valence-electron chi connectivity index (χ4n) is 3.48. The Kier molecular flexibility index (Phi) is 4.06. The predicted octanol–water partition coefficient (Wildman–Crippen LogP) is 3.21. The van der Waals surface area contributed by atoms with Gasteiger partial charge in [-0.05, 0) is 25.0 Å². The summed E-state index contributed by atoms with van der Waals surface area (Å²) in [5, 5.41) is 0. The zero-order valence-corrected chi connectivity index (χ0v) is 13.8. The van der Waals surface area contributed by atoms with E-state index in [1.807, 2.05) is 51.9 Å². The maximum absolute atomic E-state index is 12.9. The van der Waals surface area contributed by atoms with E-state index in [9.17, 15) is 9.59 Å². The minimum absolute atomic E-state index is 0.0149. The average molecular weight is 333 g/mol. The molecule has 2 aromatic heterocycles. The second-order valence-corrected chi connectivity index (χ2v) is 6.40. The Labute approximate surface area is 145 Å². The molecular weight excluding hydrogens is 314 g/mol. The van der Waals surface area contributed by atoms with Crippen LogP contribution in [0, 0.1) is 0 Å². The summed E-state index contributed by atoms with van der Waals surface area (Å²) in [5.74, 6) is 0.0781. The third-order valence-electron chi connectivity index (χ3n) is 4.79. The molecule has 1 atom stereocenters. The van der Waals surface area contributed by atoms with Crippen molar-refractivity contribution in [3.05, 3.63) is 72.2 Å². The first kappa shape index (κ1) is 15.6. The predicted molar refractivity (Wildman–Crippen MR) is 94.6 cm³/mol. The number of ketones is 1. The van der Waals surface area contributed by atoms with Gasteiger partial charge < -0.3 is 9.30 Å². The van der Waals surface area contributed by atoms with Crippen LogP contribution in [-0.2, 0) is 0 Å². The first-order valence-corrected chi connectivity index (χ1v) is 8.54. The van der Waals surface area contributed by atoms with Crippen LogP contribution in [0.3, 0.4) is 0 Å².